The Kier molecular flexibility index (Phi) is 4.45. The van der Waals surface area contributed by atoms with Crippen molar-refractivity contribution in [2.75, 3.05) is 36.5 Å². The number of anilines is 2. The minimum absolute atomic E-state index is 0.242. The maximum absolute atomic E-state index is 12.1. The highest BCUT2D eigenvalue weighted by atomic mass is 16.5. The van der Waals surface area contributed by atoms with Crippen molar-refractivity contribution in [3.05, 3.63) is 47.9 Å². The molecule has 1 saturated heterocycles. The summed E-state index contributed by atoms with van der Waals surface area (Å²) in [5, 5.41) is 11.5. The summed E-state index contributed by atoms with van der Waals surface area (Å²) in [5.41, 5.74) is 1.39. The average Bonchev–Trinajstić information content (AvgIpc) is 2.63. The van der Waals surface area contributed by atoms with E-state index < -0.39 is 0 Å². The summed E-state index contributed by atoms with van der Waals surface area (Å²) in [5.74, 6) is 0.402. The lowest BCUT2D eigenvalue weighted by atomic mass is 10.2. The second kappa shape index (κ2) is 6.85. The minimum Gasteiger partial charge on any atom is -0.378 e. The summed E-state index contributed by atoms with van der Waals surface area (Å²) >= 11 is 0. The molecule has 0 radical (unpaired) electrons. The molecule has 2 heterocycles. The summed E-state index contributed by atoms with van der Waals surface area (Å²) in [6.07, 6.45) is 3.06. The molecule has 0 unspecified atom stereocenters. The molecule has 0 atom stereocenters. The summed E-state index contributed by atoms with van der Waals surface area (Å²) in [6, 6.07) is 8.66. The Balaban J connectivity index is 1.66. The van der Waals surface area contributed by atoms with Crippen LogP contribution in [-0.2, 0) is 4.74 Å². The van der Waals surface area contributed by atoms with Crippen LogP contribution in [0.15, 0.2) is 36.7 Å². The molecule has 3 rings (SSSR count). The first-order chi connectivity index (χ1) is 11.3. The van der Waals surface area contributed by atoms with Gasteiger partial charge in [-0.25, -0.2) is 9.97 Å². The topological polar surface area (TPSA) is 91.1 Å². The van der Waals surface area contributed by atoms with E-state index >= 15 is 0 Å². The van der Waals surface area contributed by atoms with Gasteiger partial charge in [-0.05, 0) is 24.3 Å². The minimum atomic E-state index is -0.337. The van der Waals surface area contributed by atoms with Gasteiger partial charge < -0.3 is 15.0 Å². The number of benzene rings is 1. The van der Waals surface area contributed by atoms with Crippen molar-refractivity contribution in [3.63, 3.8) is 0 Å². The van der Waals surface area contributed by atoms with Gasteiger partial charge in [0.2, 0.25) is 0 Å². The van der Waals surface area contributed by atoms with Gasteiger partial charge in [-0.3, -0.25) is 4.79 Å². The highest BCUT2D eigenvalue weighted by molar-refractivity contribution is 6.02. The average molecular weight is 309 g/mol. The highest BCUT2D eigenvalue weighted by Gasteiger charge is 2.14. The molecule has 0 saturated carbocycles. The summed E-state index contributed by atoms with van der Waals surface area (Å²) < 4.78 is 5.29. The number of nitrogens with zero attached hydrogens (tertiary/aromatic N) is 4. The first kappa shape index (κ1) is 14.9. The third kappa shape index (κ3) is 3.62. The number of ether oxygens (including phenoxy) is 1. The molecule has 1 aliphatic rings. The number of nitriles is 1. The van der Waals surface area contributed by atoms with Gasteiger partial charge in [0, 0.05) is 18.8 Å². The Morgan fingerprint density at radius 3 is 2.52 bits per heavy atom. The fourth-order valence-corrected chi connectivity index (χ4v) is 2.22. The van der Waals surface area contributed by atoms with Crippen LogP contribution in [-0.4, -0.2) is 42.2 Å². The van der Waals surface area contributed by atoms with Crippen molar-refractivity contribution < 1.29 is 9.53 Å². The normalized spacial score (nSPS) is 14.1. The van der Waals surface area contributed by atoms with Gasteiger partial charge >= 0.3 is 0 Å². The van der Waals surface area contributed by atoms with E-state index in [1.54, 1.807) is 30.5 Å². The predicted molar refractivity (Wildman–Crippen MR) is 84.2 cm³/mol. The zero-order valence-corrected chi connectivity index (χ0v) is 12.4. The molecule has 2 aromatic rings. The smallest absolute Gasteiger partial charge is 0.275 e. The van der Waals surface area contributed by atoms with Crippen LogP contribution in [0.25, 0.3) is 0 Å². The number of carbonyl (C=O) groups is 1. The van der Waals surface area contributed by atoms with Crippen molar-refractivity contribution >= 4 is 17.4 Å². The third-order valence-electron chi connectivity index (χ3n) is 3.48. The highest BCUT2D eigenvalue weighted by Crippen LogP contribution is 2.13. The van der Waals surface area contributed by atoms with E-state index in [2.05, 4.69) is 20.2 Å². The Morgan fingerprint density at radius 2 is 1.91 bits per heavy atom. The van der Waals surface area contributed by atoms with E-state index in [-0.39, 0.29) is 11.6 Å². The van der Waals surface area contributed by atoms with Gasteiger partial charge in [0.15, 0.2) is 0 Å². The first-order valence-electron chi connectivity index (χ1n) is 7.22. The van der Waals surface area contributed by atoms with Crippen molar-refractivity contribution in [1.82, 2.24) is 9.97 Å². The maximum atomic E-state index is 12.1. The van der Waals surface area contributed by atoms with Gasteiger partial charge in [0.1, 0.15) is 11.5 Å². The van der Waals surface area contributed by atoms with Crippen molar-refractivity contribution in [2.24, 2.45) is 0 Å². The fraction of sp³-hybridized carbons (Fsp3) is 0.250. The molecule has 1 N–H and O–H groups in total. The molecule has 1 amide bonds. The van der Waals surface area contributed by atoms with Crippen LogP contribution in [0.4, 0.5) is 11.5 Å². The molecular weight excluding hydrogens is 294 g/mol. The number of aromatic nitrogens is 2. The van der Waals surface area contributed by atoms with Crippen LogP contribution >= 0.6 is 0 Å². The number of morpholine rings is 1. The second-order valence-electron chi connectivity index (χ2n) is 5.00. The molecule has 0 bridgehead atoms. The lowest BCUT2D eigenvalue weighted by molar-refractivity contribution is 0.102. The molecule has 1 aromatic heterocycles. The second-order valence-corrected chi connectivity index (χ2v) is 5.00. The Bertz CT molecular complexity index is 716. The van der Waals surface area contributed by atoms with E-state index in [1.165, 1.54) is 6.20 Å². The maximum Gasteiger partial charge on any atom is 0.275 e. The molecule has 23 heavy (non-hydrogen) atoms. The van der Waals surface area contributed by atoms with E-state index in [0.29, 0.717) is 24.5 Å². The molecule has 7 heteroatoms. The Labute approximate surface area is 133 Å². The van der Waals surface area contributed by atoms with Gasteiger partial charge in [0.25, 0.3) is 5.91 Å². The zero-order valence-electron chi connectivity index (χ0n) is 12.4. The summed E-state index contributed by atoms with van der Waals surface area (Å²) in [7, 11) is 0. The van der Waals surface area contributed by atoms with Crippen LogP contribution in [0.1, 0.15) is 16.1 Å². The summed E-state index contributed by atoms with van der Waals surface area (Å²) in [4.78, 5) is 22.7. The fourth-order valence-electron chi connectivity index (χ4n) is 2.22. The summed E-state index contributed by atoms with van der Waals surface area (Å²) in [6.45, 7) is 2.88. The lowest BCUT2D eigenvalue weighted by Gasteiger charge is -2.27. The number of hydrogen-bond donors (Lipinski definition) is 1. The molecule has 1 aliphatic heterocycles. The number of carbonyl (C=O) groups excluding carboxylic acids is 1. The van der Waals surface area contributed by atoms with Gasteiger partial charge in [-0.15, -0.1) is 0 Å². The molecular formula is C16H15N5O2. The first-order valence-corrected chi connectivity index (χ1v) is 7.22. The van der Waals surface area contributed by atoms with E-state index in [0.717, 1.165) is 18.9 Å². The van der Waals surface area contributed by atoms with Crippen LogP contribution < -0.4 is 10.2 Å². The molecule has 1 aromatic carbocycles. The molecule has 116 valence electrons. The molecule has 7 nitrogen and oxygen atoms in total. The molecule has 0 spiro atoms. The zero-order chi connectivity index (χ0) is 16.1. The monoisotopic (exact) mass is 309 g/mol. The van der Waals surface area contributed by atoms with E-state index in [4.69, 9.17) is 10.00 Å². The number of nitrogens with one attached hydrogen (secondary N) is 1. The van der Waals surface area contributed by atoms with Crippen molar-refractivity contribution in [1.29, 1.82) is 5.26 Å². The van der Waals surface area contributed by atoms with Gasteiger partial charge in [0.05, 0.1) is 37.2 Å². The van der Waals surface area contributed by atoms with Crippen LogP contribution in [0.3, 0.4) is 0 Å². The standard InChI is InChI=1S/C16H15N5O2/c17-9-12-1-3-13(4-2-12)20-16(22)14-10-19-15(11-18-14)21-5-7-23-8-6-21/h1-4,10-11H,5-8H2,(H,20,22). The number of rotatable bonds is 3. The molecule has 0 aliphatic carbocycles. The van der Waals surface area contributed by atoms with Crippen LogP contribution in [0, 0.1) is 11.3 Å². The Hall–Kier alpha value is -2.98. The van der Waals surface area contributed by atoms with Gasteiger partial charge in [-0.2, -0.15) is 5.26 Å². The van der Waals surface area contributed by atoms with Crippen molar-refractivity contribution in [2.45, 2.75) is 0 Å². The van der Waals surface area contributed by atoms with Crippen LogP contribution in [0.2, 0.25) is 0 Å². The molecule has 1 fully saturated rings. The Morgan fingerprint density at radius 1 is 1.17 bits per heavy atom. The quantitative estimate of drug-likeness (QED) is 0.922. The van der Waals surface area contributed by atoms with Crippen LogP contribution in [0.5, 0.6) is 0 Å². The predicted octanol–water partition coefficient (Wildman–Crippen LogP) is 1.44. The third-order valence-corrected chi connectivity index (χ3v) is 3.48. The van der Waals surface area contributed by atoms with E-state index in [9.17, 15) is 4.79 Å². The van der Waals surface area contributed by atoms with E-state index in [1.807, 2.05) is 6.07 Å². The lowest BCUT2D eigenvalue weighted by Crippen LogP contribution is -2.36. The largest absolute Gasteiger partial charge is 0.378 e. The SMILES string of the molecule is N#Cc1ccc(NC(=O)c2cnc(N3CCOCC3)cn2)cc1. The van der Waals surface area contributed by atoms with Crippen molar-refractivity contribution in [3.8, 4) is 6.07 Å². The number of amides is 1. The number of hydrogen-bond acceptors (Lipinski definition) is 6. The van der Waals surface area contributed by atoms with Gasteiger partial charge in [-0.1, -0.05) is 0 Å².